The molecule has 0 radical (unpaired) electrons. The van der Waals surface area contributed by atoms with Gasteiger partial charge in [-0.05, 0) is 41.8 Å². The standard InChI is InChI=1S/C20H24ClFN2O2/c21-19-11-16(3-6-20(19)26)12-23-8-9-24(18(14-23)7-10-25)13-15-1-4-17(22)5-2-15/h1-6,11,18,25-26H,7-10,12-14H2/t18-/m0/s1. The Morgan fingerprint density at radius 2 is 1.77 bits per heavy atom. The van der Waals surface area contributed by atoms with Gasteiger partial charge < -0.3 is 10.2 Å². The van der Waals surface area contributed by atoms with Gasteiger partial charge in [0.1, 0.15) is 11.6 Å². The van der Waals surface area contributed by atoms with Crippen LogP contribution in [0.2, 0.25) is 5.02 Å². The van der Waals surface area contributed by atoms with Crippen LogP contribution in [0, 0.1) is 5.82 Å². The molecule has 1 atom stereocenters. The quantitative estimate of drug-likeness (QED) is 0.810. The highest BCUT2D eigenvalue weighted by atomic mass is 35.5. The molecule has 3 rings (SSSR count). The van der Waals surface area contributed by atoms with E-state index in [1.54, 1.807) is 12.1 Å². The maximum absolute atomic E-state index is 13.1. The maximum atomic E-state index is 13.1. The number of rotatable bonds is 6. The second-order valence-electron chi connectivity index (χ2n) is 6.78. The first-order valence-corrected chi connectivity index (χ1v) is 9.22. The molecule has 1 aliphatic rings. The number of aliphatic hydroxyl groups excluding tert-OH is 1. The molecule has 2 N–H and O–H groups in total. The number of hydrogen-bond acceptors (Lipinski definition) is 4. The van der Waals surface area contributed by atoms with Crippen molar-refractivity contribution in [2.75, 3.05) is 26.2 Å². The van der Waals surface area contributed by atoms with Crippen molar-refractivity contribution in [1.29, 1.82) is 0 Å². The first-order valence-electron chi connectivity index (χ1n) is 8.84. The largest absolute Gasteiger partial charge is 0.506 e. The fourth-order valence-corrected chi connectivity index (χ4v) is 3.67. The van der Waals surface area contributed by atoms with Crippen LogP contribution in [0.4, 0.5) is 4.39 Å². The zero-order valence-electron chi connectivity index (χ0n) is 14.6. The highest BCUT2D eigenvalue weighted by Crippen LogP contribution is 2.25. The van der Waals surface area contributed by atoms with Crippen LogP contribution in [0.25, 0.3) is 0 Å². The summed E-state index contributed by atoms with van der Waals surface area (Å²) in [5.41, 5.74) is 2.13. The zero-order valence-corrected chi connectivity index (χ0v) is 15.4. The number of nitrogens with zero attached hydrogens (tertiary/aromatic N) is 2. The van der Waals surface area contributed by atoms with Crippen molar-refractivity contribution in [3.8, 4) is 5.75 Å². The van der Waals surface area contributed by atoms with Crippen LogP contribution < -0.4 is 0 Å². The second-order valence-corrected chi connectivity index (χ2v) is 7.19. The number of aliphatic hydroxyl groups is 1. The topological polar surface area (TPSA) is 46.9 Å². The zero-order chi connectivity index (χ0) is 18.5. The Morgan fingerprint density at radius 1 is 1.04 bits per heavy atom. The maximum Gasteiger partial charge on any atom is 0.134 e. The van der Waals surface area contributed by atoms with Crippen molar-refractivity contribution in [1.82, 2.24) is 9.80 Å². The fraction of sp³-hybridized carbons (Fsp3) is 0.400. The van der Waals surface area contributed by atoms with E-state index in [2.05, 4.69) is 9.80 Å². The van der Waals surface area contributed by atoms with Crippen molar-refractivity contribution in [3.63, 3.8) is 0 Å². The summed E-state index contributed by atoms with van der Waals surface area (Å²) >= 11 is 6.00. The summed E-state index contributed by atoms with van der Waals surface area (Å²) in [4.78, 5) is 4.69. The molecule has 0 aromatic heterocycles. The normalized spacial score (nSPS) is 19.0. The van der Waals surface area contributed by atoms with Gasteiger partial charge in [0.05, 0.1) is 5.02 Å². The van der Waals surface area contributed by atoms with E-state index in [0.29, 0.717) is 11.4 Å². The van der Waals surface area contributed by atoms with Gasteiger partial charge in [-0.1, -0.05) is 29.8 Å². The average Bonchev–Trinajstić information content (AvgIpc) is 2.62. The van der Waals surface area contributed by atoms with Crippen LogP contribution in [-0.2, 0) is 13.1 Å². The van der Waals surface area contributed by atoms with Gasteiger partial charge in [0.25, 0.3) is 0 Å². The molecule has 0 saturated carbocycles. The predicted octanol–water partition coefficient (Wildman–Crippen LogP) is 3.25. The Kier molecular flexibility index (Phi) is 6.48. The molecule has 6 heteroatoms. The Bertz CT molecular complexity index is 726. The Hall–Kier alpha value is -1.66. The molecule has 0 amide bonds. The molecular weight excluding hydrogens is 355 g/mol. The number of piperazine rings is 1. The Labute approximate surface area is 158 Å². The molecule has 1 saturated heterocycles. The lowest BCUT2D eigenvalue weighted by Gasteiger charge is -2.41. The van der Waals surface area contributed by atoms with Gasteiger partial charge in [-0.25, -0.2) is 4.39 Å². The molecule has 1 fully saturated rings. The molecule has 0 spiro atoms. The van der Waals surface area contributed by atoms with E-state index in [1.165, 1.54) is 12.1 Å². The van der Waals surface area contributed by atoms with Crippen molar-refractivity contribution in [2.24, 2.45) is 0 Å². The third-order valence-electron chi connectivity index (χ3n) is 4.87. The van der Waals surface area contributed by atoms with Crippen LogP contribution in [-0.4, -0.2) is 52.3 Å². The van der Waals surface area contributed by atoms with Crippen molar-refractivity contribution < 1.29 is 14.6 Å². The molecule has 1 aliphatic heterocycles. The number of hydrogen-bond donors (Lipinski definition) is 2. The first-order chi connectivity index (χ1) is 12.5. The van der Waals surface area contributed by atoms with E-state index in [0.717, 1.165) is 43.9 Å². The van der Waals surface area contributed by atoms with Gasteiger partial charge in [-0.15, -0.1) is 0 Å². The Morgan fingerprint density at radius 3 is 2.46 bits per heavy atom. The van der Waals surface area contributed by atoms with Gasteiger partial charge in [0.2, 0.25) is 0 Å². The van der Waals surface area contributed by atoms with Crippen LogP contribution in [0.5, 0.6) is 5.75 Å². The molecule has 26 heavy (non-hydrogen) atoms. The van der Waals surface area contributed by atoms with Gasteiger partial charge >= 0.3 is 0 Å². The first kappa shape index (κ1) is 19.1. The summed E-state index contributed by atoms with van der Waals surface area (Å²) in [5.74, 6) is -0.129. The van der Waals surface area contributed by atoms with Crippen LogP contribution in [0.1, 0.15) is 17.5 Å². The highest BCUT2D eigenvalue weighted by molar-refractivity contribution is 6.32. The van der Waals surface area contributed by atoms with E-state index in [-0.39, 0.29) is 24.2 Å². The van der Waals surface area contributed by atoms with Crippen molar-refractivity contribution in [2.45, 2.75) is 25.6 Å². The number of halogens is 2. The third-order valence-corrected chi connectivity index (χ3v) is 5.17. The molecule has 0 unspecified atom stereocenters. The van der Waals surface area contributed by atoms with Gasteiger partial charge in [-0.3, -0.25) is 9.80 Å². The summed E-state index contributed by atoms with van der Waals surface area (Å²) in [6, 6.07) is 12.1. The Balaban J connectivity index is 1.63. The molecule has 0 aliphatic carbocycles. The van der Waals surface area contributed by atoms with E-state index in [1.807, 2.05) is 18.2 Å². The van der Waals surface area contributed by atoms with E-state index in [4.69, 9.17) is 11.6 Å². The second kappa shape index (κ2) is 8.82. The van der Waals surface area contributed by atoms with E-state index >= 15 is 0 Å². The number of aromatic hydroxyl groups is 1. The van der Waals surface area contributed by atoms with Gasteiger partial charge in [0.15, 0.2) is 0 Å². The summed E-state index contributed by atoms with van der Waals surface area (Å²) in [7, 11) is 0. The molecule has 0 bridgehead atoms. The van der Waals surface area contributed by atoms with E-state index < -0.39 is 0 Å². The highest BCUT2D eigenvalue weighted by Gasteiger charge is 2.26. The number of benzene rings is 2. The third kappa shape index (κ3) is 4.95. The molecule has 140 valence electrons. The molecular formula is C20H24ClFN2O2. The van der Waals surface area contributed by atoms with Gasteiger partial charge in [-0.2, -0.15) is 0 Å². The van der Waals surface area contributed by atoms with Gasteiger partial charge in [0, 0.05) is 45.4 Å². The SMILES string of the molecule is OCC[C@H]1CN(Cc2ccc(O)c(Cl)c2)CCN1Cc1ccc(F)cc1. The molecule has 2 aromatic rings. The number of phenolic OH excluding ortho intramolecular Hbond substituents is 1. The lowest BCUT2D eigenvalue weighted by molar-refractivity contribution is 0.0499. The average molecular weight is 379 g/mol. The summed E-state index contributed by atoms with van der Waals surface area (Å²) in [6.07, 6.45) is 0.702. The smallest absolute Gasteiger partial charge is 0.134 e. The lowest BCUT2D eigenvalue weighted by Crippen LogP contribution is -2.52. The van der Waals surface area contributed by atoms with Crippen molar-refractivity contribution >= 4 is 11.6 Å². The van der Waals surface area contributed by atoms with Crippen LogP contribution in [0.3, 0.4) is 0 Å². The summed E-state index contributed by atoms with van der Waals surface area (Å²) < 4.78 is 13.1. The molecule has 1 heterocycles. The lowest BCUT2D eigenvalue weighted by atomic mass is 10.1. The van der Waals surface area contributed by atoms with Crippen LogP contribution in [0.15, 0.2) is 42.5 Å². The van der Waals surface area contributed by atoms with Crippen molar-refractivity contribution in [3.05, 3.63) is 64.4 Å². The van der Waals surface area contributed by atoms with Crippen LogP contribution >= 0.6 is 11.6 Å². The minimum absolute atomic E-state index is 0.0951. The summed E-state index contributed by atoms with van der Waals surface area (Å²) in [6.45, 7) is 4.29. The minimum atomic E-state index is -0.224. The molecule has 2 aromatic carbocycles. The van der Waals surface area contributed by atoms with E-state index in [9.17, 15) is 14.6 Å². The molecule has 4 nitrogen and oxygen atoms in total. The summed E-state index contributed by atoms with van der Waals surface area (Å²) in [5, 5.41) is 19.4. The monoisotopic (exact) mass is 378 g/mol. The minimum Gasteiger partial charge on any atom is -0.506 e. The fourth-order valence-electron chi connectivity index (χ4n) is 3.46. The predicted molar refractivity (Wildman–Crippen MR) is 101 cm³/mol. The number of phenols is 1.